The molecule has 1 aromatic heterocycles. The first kappa shape index (κ1) is 20.3. The van der Waals surface area contributed by atoms with Crippen LogP contribution in [-0.4, -0.2) is 35.0 Å². The molecule has 1 aliphatic carbocycles. The number of carbonyl (C=O) groups is 1. The number of aromatic nitrogens is 1. The van der Waals surface area contributed by atoms with Crippen LogP contribution in [0.4, 0.5) is 0 Å². The number of likely N-dealkylation sites (tertiary alicyclic amines) is 1. The van der Waals surface area contributed by atoms with Gasteiger partial charge in [-0.15, -0.1) is 0 Å². The van der Waals surface area contributed by atoms with Gasteiger partial charge in [0, 0.05) is 23.0 Å². The zero-order chi connectivity index (χ0) is 20.8. The number of benzene rings is 1. The van der Waals surface area contributed by atoms with Crippen LogP contribution < -0.4 is 4.74 Å². The van der Waals surface area contributed by atoms with Crippen molar-refractivity contribution in [3.05, 3.63) is 30.0 Å². The third-order valence-corrected chi connectivity index (χ3v) is 7.89. The van der Waals surface area contributed by atoms with Crippen molar-refractivity contribution in [2.45, 2.75) is 65.3 Å². The third kappa shape index (κ3) is 3.25. The van der Waals surface area contributed by atoms with Gasteiger partial charge in [-0.25, -0.2) is 0 Å². The number of ether oxygens (including phenoxy) is 1. The van der Waals surface area contributed by atoms with Crippen LogP contribution in [0.15, 0.2) is 24.3 Å². The first-order chi connectivity index (χ1) is 13.9. The second-order valence-corrected chi connectivity index (χ2v) is 9.83. The smallest absolute Gasteiger partial charge is 0.270 e. The van der Waals surface area contributed by atoms with Crippen molar-refractivity contribution in [1.29, 1.82) is 0 Å². The summed E-state index contributed by atoms with van der Waals surface area (Å²) in [6.45, 7) is 10.1. The minimum Gasteiger partial charge on any atom is -0.496 e. The molecule has 0 spiro atoms. The number of carbonyl (C=O) groups excluding carboxylic acids is 1. The second kappa shape index (κ2) is 7.70. The molecule has 2 unspecified atom stereocenters. The highest BCUT2D eigenvalue weighted by atomic mass is 16.5. The van der Waals surface area contributed by atoms with Crippen LogP contribution in [0.1, 0.15) is 70.3 Å². The van der Waals surface area contributed by atoms with E-state index in [4.69, 9.17) is 4.74 Å². The van der Waals surface area contributed by atoms with Gasteiger partial charge in [-0.1, -0.05) is 53.0 Å². The molecule has 29 heavy (non-hydrogen) atoms. The van der Waals surface area contributed by atoms with Gasteiger partial charge < -0.3 is 14.6 Å². The molecule has 2 heterocycles. The van der Waals surface area contributed by atoms with E-state index in [1.54, 1.807) is 7.11 Å². The largest absolute Gasteiger partial charge is 0.496 e. The minimum atomic E-state index is -0.0863. The lowest BCUT2D eigenvalue weighted by atomic mass is 9.61. The summed E-state index contributed by atoms with van der Waals surface area (Å²) >= 11 is 0. The number of methoxy groups -OCH3 is 1. The summed E-state index contributed by atoms with van der Waals surface area (Å²) in [6.07, 6.45) is 6.40. The average Bonchev–Trinajstić information content (AvgIpc) is 3.16. The number of rotatable bonds is 4. The fraction of sp³-hybridized carbons (Fsp3) is 0.640. The predicted octanol–water partition coefficient (Wildman–Crippen LogP) is 5.88. The molecule has 1 amide bonds. The van der Waals surface area contributed by atoms with E-state index in [0.29, 0.717) is 23.4 Å². The van der Waals surface area contributed by atoms with E-state index in [-0.39, 0.29) is 11.4 Å². The molecule has 0 radical (unpaired) electrons. The normalized spacial score (nSPS) is 24.2. The lowest BCUT2D eigenvalue weighted by molar-refractivity contribution is -0.0631. The molecule has 2 aliphatic rings. The SMILES string of the molecule is COc1cccc2[nH]c(C(=O)N3CC4CCCCC4CC3(C(C)C)C(C)C)cc12. The van der Waals surface area contributed by atoms with Crippen LogP contribution in [0, 0.1) is 23.7 Å². The van der Waals surface area contributed by atoms with E-state index in [1.807, 2.05) is 24.3 Å². The van der Waals surface area contributed by atoms with Crippen LogP contribution in [0.3, 0.4) is 0 Å². The van der Waals surface area contributed by atoms with Gasteiger partial charge >= 0.3 is 0 Å². The van der Waals surface area contributed by atoms with Crippen molar-refractivity contribution in [1.82, 2.24) is 9.88 Å². The highest BCUT2D eigenvalue weighted by Gasteiger charge is 2.52. The Hall–Kier alpha value is -1.97. The first-order valence-electron chi connectivity index (χ1n) is 11.4. The highest BCUT2D eigenvalue weighted by molar-refractivity contribution is 6.00. The lowest BCUT2D eigenvalue weighted by Crippen LogP contribution is -2.64. The van der Waals surface area contributed by atoms with E-state index < -0.39 is 0 Å². The highest BCUT2D eigenvalue weighted by Crippen LogP contribution is 2.49. The number of hydrogen-bond donors (Lipinski definition) is 1. The molecule has 4 rings (SSSR count). The van der Waals surface area contributed by atoms with Gasteiger partial charge in [0.25, 0.3) is 5.91 Å². The van der Waals surface area contributed by atoms with Gasteiger partial charge in [0.2, 0.25) is 0 Å². The van der Waals surface area contributed by atoms with E-state index in [2.05, 4.69) is 37.6 Å². The Balaban J connectivity index is 1.76. The third-order valence-electron chi connectivity index (χ3n) is 7.89. The van der Waals surface area contributed by atoms with Crippen molar-refractivity contribution < 1.29 is 9.53 Å². The molecular weight excluding hydrogens is 360 g/mol. The predicted molar refractivity (Wildman–Crippen MR) is 118 cm³/mol. The fourth-order valence-corrected chi connectivity index (χ4v) is 6.33. The van der Waals surface area contributed by atoms with E-state index >= 15 is 0 Å². The summed E-state index contributed by atoms with van der Waals surface area (Å²) in [4.78, 5) is 19.6. The Kier molecular flexibility index (Phi) is 5.39. The van der Waals surface area contributed by atoms with Gasteiger partial charge in [-0.2, -0.15) is 0 Å². The average molecular weight is 397 g/mol. The number of amides is 1. The number of H-pyrrole nitrogens is 1. The standard InChI is InChI=1S/C25H36N2O2/c1-16(2)25(17(3)4)14-18-9-6-7-10-19(18)15-27(25)24(28)22-13-20-21(26-22)11-8-12-23(20)29-5/h8,11-13,16-19,26H,6-7,9-10,14-15H2,1-5H3. The topological polar surface area (TPSA) is 45.3 Å². The molecule has 1 aromatic carbocycles. The number of nitrogens with one attached hydrogen (secondary N) is 1. The lowest BCUT2D eigenvalue weighted by Gasteiger charge is -2.58. The monoisotopic (exact) mass is 396 g/mol. The van der Waals surface area contributed by atoms with Crippen LogP contribution in [0.25, 0.3) is 10.9 Å². The van der Waals surface area contributed by atoms with Crippen molar-refractivity contribution in [2.24, 2.45) is 23.7 Å². The Labute approximate surface area is 175 Å². The molecule has 2 atom stereocenters. The Bertz CT molecular complexity index is 874. The van der Waals surface area contributed by atoms with Gasteiger partial charge in [0.1, 0.15) is 11.4 Å². The number of nitrogens with zero attached hydrogens (tertiary/aromatic N) is 1. The number of aromatic amines is 1. The molecule has 4 heteroatoms. The molecule has 2 aromatic rings. The molecule has 1 N–H and O–H groups in total. The Morgan fingerprint density at radius 2 is 1.83 bits per heavy atom. The minimum absolute atomic E-state index is 0.0863. The van der Waals surface area contributed by atoms with Gasteiger partial charge in [-0.05, 0) is 54.7 Å². The summed E-state index contributed by atoms with van der Waals surface area (Å²) in [5.74, 6) is 3.22. The Morgan fingerprint density at radius 1 is 1.14 bits per heavy atom. The van der Waals surface area contributed by atoms with Crippen LogP contribution in [0.5, 0.6) is 5.75 Å². The maximum atomic E-state index is 13.9. The Morgan fingerprint density at radius 3 is 2.48 bits per heavy atom. The quantitative estimate of drug-likeness (QED) is 0.701. The van der Waals surface area contributed by atoms with Crippen LogP contribution in [-0.2, 0) is 0 Å². The molecule has 158 valence electrons. The molecule has 1 saturated heterocycles. The van der Waals surface area contributed by atoms with Crippen molar-refractivity contribution in [3.63, 3.8) is 0 Å². The van der Waals surface area contributed by atoms with Gasteiger partial charge in [-0.3, -0.25) is 4.79 Å². The van der Waals surface area contributed by atoms with Crippen LogP contribution in [0.2, 0.25) is 0 Å². The molecule has 2 fully saturated rings. The molecule has 4 nitrogen and oxygen atoms in total. The molecule has 0 bridgehead atoms. The summed E-state index contributed by atoms with van der Waals surface area (Å²) in [5, 5.41) is 0.977. The summed E-state index contributed by atoms with van der Waals surface area (Å²) in [6, 6.07) is 7.91. The fourth-order valence-electron chi connectivity index (χ4n) is 6.33. The summed E-state index contributed by atoms with van der Waals surface area (Å²) < 4.78 is 5.51. The molecular formula is C25H36N2O2. The summed E-state index contributed by atoms with van der Waals surface area (Å²) in [7, 11) is 1.68. The van der Waals surface area contributed by atoms with E-state index in [1.165, 1.54) is 25.7 Å². The van der Waals surface area contributed by atoms with Crippen LogP contribution >= 0.6 is 0 Å². The number of hydrogen-bond acceptors (Lipinski definition) is 2. The first-order valence-corrected chi connectivity index (χ1v) is 11.4. The van der Waals surface area contributed by atoms with Crippen molar-refractivity contribution >= 4 is 16.8 Å². The summed E-state index contributed by atoms with van der Waals surface area (Å²) in [5.41, 5.74) is 1.56. The zero-order valence-corrected chi connectivity index (χ0v) is 18.6. The number of piperidine rings is 1. The number of fused-ring (bicyclic) bond motifs is 2. The van der Waals surface area contributed by atoms with Gasteiger partial charge in [0.15, 0.2) is 0 Å². The van der Waals surface area contributed by atoms with E-state index in [0.717, 1.165) is 35.5 Å². The molecule has 1 aliphatic heterocycles. The van der Waals surface area contributed by atoms with Gasteiger partial charge in [0.05, 0.1) is 7.11 Å². The van der Waals surface area contributed by atoms with Crippen molar-refractivity contribution in [2.75, 3.05) is 13.7 Å². The maximum Gasteiger partial charge on any atom is 0.270 e. The van der Waals surface area contributed by atoms with E-state index in [9.17, 15) is 4.79 Å². The zero-order valence-electron chi connectivity index (χ0n) is 18.6. The molecule has 1 saturated carbocycles. The second-order valence-electron chi connectivity index (χ2n) is 9.83. The maximum absolute atomic E-state index is 13.9. The van der Waals surface area contributed by atoms with Crippen molar-refractivity contribution in [3.8, 4) is 5.75 Å².